The fraction of sp³-hybridized carbons (Fsp3) is 0.471. The van der Waals surface area contributed by atoms with E-state index in [1.807, 2.05) is 30.3 Å². The first kappa shape index (κ1) is 23.4. The van der Waals surface area contributed by atoms with Gasteiger partial charge in [-0.05, 0) is 26.3 Å². The second-order valence-corrected chi connectivity index (χ2v) is 6.14. The zero-order chi connectivity index (χ0) is 20.2. The van der Waals surface area contributed by atoms with Crippen molar-refractivity contribution in [1.29, 1.82) is 0 Å². The molecule has 1 aromatic carbocycles. The maximum Gasteiger partial charge on any atom is 0.408 e. The highest BCUT2D eigenvalue weighted by Crippen LogP contribution is 2.07. The van der Waals surface area contributed by atoms with Crippen LogP contribution in [0.1, 0.15) is 26.3 Å². The minimum Gasteiger partial charge on any atom is -0.480 e. The van der Waals surface area contributed by atoms with Crippen molar-refractivity contribution in [3.05, 3.63) is 35.9 Å². The number of rotatable bonds is 7. The Balaban J connectivity index is 0.00000110. The van der Waals surface area contributed by atoms with Gasteiger partial charge in [0.25, 0.3) is 0 Å². The highest BCUT2D eigenvalue weighted by molar-refractivity contribution is 5.80. The smallest absolute Gasteiger partial charge is 0.408 e. The molecular weight excluding hydrogens is 344 g/mol. The summed E-state index contributed by atoms with van der Waals surface area (Å²) in [5, 5.41) is 18.9. The Morgan fingerprint density at radius 1 is 1.15 bits per heavy atom. The van der Waals surface area contributed by atoms with E-state index in [0.717, 1.165) is 5.56 Å². The maximum absolute atomic E-state index is 11.6. The van der Waals surface area contributed by atoms with Crippen LogP contribution in [-0.4, -0.2) is 53.0 Å². The average molecular weight is 370 g/mol. The van der Waals surface area contributed by atoms with E-state index in [-0.39, 0.29) is 19.8 Å². The van der Waals surface area contributed by atoms with Gasteiger partial charge in [0.15, 0.2) is 6.04 Å². The van der Waals surface area contributed by atoms with Gasteiger partial charge in [-0.1, -0.05) is 30.3 Å². The molecule has 5 N–H and O–H groups in total. The molecule has 0 aliphatic rings. The fourth-order valence-electron chi connectivity index (χ4n) is 1.49. The SMILES string of the molecule is CC(C)(C)OC(=O)N[C@@H](COCc1ccccc1)C(=O)O.NCC(=O)O. The lowest BCUT2D eigenvalue weighted by Crippen LogP contribution is -2.46. The topological polar surface area (TPSA) is 148 Å². The Morgan fingerprint density at radius 2 is 1.69 bits per heavy atom. The van der Waals surface area contributed by atoms with Crippen LogP contribution in [0.5, 0.6) is 0 Å². The molecule has 0 bridgehead atoms. The molecule has 0 spiro atoms. The van der Waals surface area contributed by atoms with E-state index in [4.69, 9.17) is 19.7 Å². The Bertz CT molecular complexity index is 570. The van der Waals surface area contributed by atoms with Crippen molar-refractivity contribution >= 4 is 18.0 Å². The van der Waals surface area contributed by atoms with Crippen LogP contribution in [0.15, 0.2) is 30.3 Å². The summed E-state index contributed by atoms with van der Waals surface area (Å²) in [6.45, 7) is 4.97. The zero-order valence-electron chi connectivity index (χ0n) is 15.1. The average Bonchev–Trinajstić information content (AvgIpc) is 2.53. The summed E-state index contributed by atoms with van der Waals surface area (Å²) in [6, 6.07) is 8.21. The van der Waals surface area contributed by atoms with Gasteiger partial charge in [0, 0.05) is 0 Å². The van der Waals surface area contributed by atoms with E-state index >= 15 is 0 Å². The standard InChI is InChI=1S/C15H21NO5.C2H5NO2/c1-15(2,3)21-14(19)16-12(13(17)18)10-20-9-11-7-5-4-6-8-11;3-1-2(4)5/h4-8,12H,9-10H2,1-3H3,(H,16,19)(H,17,18);1,3H2,(H,4,5)/t12-;/m0./s1. The van der Waals surface area contributed by atoms with Gasteiger partial charge in [0.05, 0.1) is 19.8 Å². The van der Waals surface area contributed by atoms with Crippen LogP contribution in [0.25, 0.3) is 0 Å². The highest BCUT2D eigenvalue weighted by atomic mass is 16.6. The molecule has 0 unspecified atom stereocenters. The molecule has 0 saturated heterocycles. The van der Waals surface area contributed by atoms with Crippen LogP contribution >= 0.6 is 0 Å². The fourth-order valence-corrected chi connectivity index (χ4v) is 1.49. The Hall–Kier alpha value is -2.65. The van der Waals surface area contributed by atoms with Gasteiger partial charge >= 0.3 is 18.0 Å². The van der Waals surface area contributed by atoms with Crippen molar-refractivity contribution in [2.75, 3.05) is 13.2 Å². The molecule has 0 saturated carbocycles. The van der Waals surface area contributed by atoms with E-state index in [1.54, 1.807) is 20.8 Å². The molecule has 146 valence electrons. The second-order valence-electron chi connectivity index (χ2n) is 6.14. The lowest BCUT2D eigenvalue weighted by molar-refractivity contribution is -0.141. The molecule has 0 aromatic heterocycles. The number of ether oxygens (including phenoxy) is 2. The molecule has 1 atom stereocenters. The van der Waals surface area contributed by atoms with Crippen LogP contribution < -0.4 is 11.1 Å². The van der Waals surface area contributed by atoms with Crippen LogP contribution in [0.2, 0.25) is 0 Å². The van der Waals surface area contributed by atoms with Crippen molar-refractivity contribution in [3.8, 4) is 0 Å². The number of carbonyl (C=O) groups is 3. The third-order valence-corrected chi connectivity index (χ3v) is 2.56. The largest absolute Gasteiger partial charge is 0.480 e. The van der Waals surface area contributed by atoms with Gasteiger partial charge in [-0.15, -0.1) is 0 Å². The van der Waals surface area contributed by atoms with Crippen LogP contribution in [-0.2, 0) is 25.7 Å². The molecule has 1 rings (SSSR count). The molecule has 0 heterocycles. The predicted molar refractivity (Wildman–Crippen MR) is 93.6 cm³/mol. The Kier molecular flexibility index (Phi) is 10.6. The third kappa shape index (κ3) is 12.7. The summed E-state index contributed by atoms with van der Waals surface area (Å²) in [5.74, 6) is -2.14. The molecule has 26 heavy (non-hydrogen) atoms. The second kappa shape index (κ2) is 11.8. The molecule has 1 amide bonds. The summed E-state index contributed by atoms with van der Waals surface area (Å²) < 4.78 is 10.3. The molecule has 0 fully saturated rings. The van der Waals surface area contributed by atoms with Crippen molar-refractivity contribution in [3.63, 3.8) is 0 Å². The number of amides is 1. The van der Waals surface area contributed by atoms with E-state index in [1.165, 1.54) is 0 Å². The van der Waals surface area contributed by atoms with Gasteiger partial charge in [-0.25, -0.2) is 9.59 Å². The van der Waals surface area contributed by atoms with Gasteiger partial charge in [0.2, 0.25) is 0 Å². The summed E-state index contributed by atoms with van der Waals surface area (Å²) >= 11 is 0. The first-order valence-electron chi connectivity index (χ1n) is 7.81. The minimum atomic E-state index is -1.17. The van der Waals surface area contributed by atoms with Crippen molar-refractivity contribution < 1.29 is 34.1 Å². The minimum absolute atomic E-state index is 0.135. The molecular formula is C17H26N2O7. The number of carboxylic acids is 2. The predicted octanol–water partition coefficient (Wildman–Crippen LogP) is 1.21. The lowest BCUT2D eigenvalue weighted by Gasteiger charge is -2.22. The molecule has 0 radical (unpaired) electrons. The van der Waals surface area contributed by atoms with Crippen molar-refractivity contribution in [2.45, 2.75) is 39.0 Å². The van der Waals surface area contributed by atoms with Crippen molar-refractivity contribution in [1.82, 2.24) is 5.32 Å². The first-order chi connectivity index (χ1) is 12.0. The van der Waals surface area contributed by atoms with Gasteiger partial charge in [0.1, 0.15) is 5.60 Å². The quantitative estimate of drug-likeness (QED) is 0.560. The van der Waals surface area contributed by atoms with E-state index in [0.29, 0.717) is 0 Å². The molecule has 9 nitrogen and oxygen atoms in total. The number of hydrogen-bond donors (Lipinski definition) is 4. The number of carboxylic acid groups (broad SMARTS) is 2. The van der Waals surface area contributed by atoms with Gasteiger partial charge in [-0.3, -0.25) is 4.79 Å². The Labute approximate surface area is 152 Å². The van der Waals surface area contributed by atoms with Crippen LogP contribution in [0, 0.1) is 0 Å². The zero-order valence-corrected chi connectivity index (χ0v) is 15.1. The van der Waals surface area contributed by atoms with Crippen LogP contribution in [0.3, 0.4) is 0 Å². The summed E-state index contributed by atoms with van der Waals surface area (Å²) in [7, 11) is 0. The number of carbonyl (C=O) groups excluding carboxylic acids is 1. The third-order valence-electron chi connectivity index (χ3n) is 2.56. The number of hydrogen-bond acceptors (Lipinski definition) is 6. The lowest BCUT2D eigenvalue weighted by atomic mass is 10.2. The van der Waals surface area contributed by atoms with Gasteiger partial charge in [-0.2, -0.15) is 0 Å². The highest BCUT2D eigenvalue weighted by Gasteiger charge is 2.24. The molecule has 0 aliphatic heterocycles. The monoisotopic (exact) mass is 370 g/mol. The normalized spacial score (nSPS) is 11.5. The van der Waals surface area contributed by atoms with E-state index in [2.05, 4.69) is 11.1 Å². The number of alkyl carbamates (subject to hydrolysis) is 1. The number of aliphatic carboxylic acids is 2. The summed E-state index contributed by atoms with van der Waals surface area (Å²) in [6.07, 6.45) is -0.779. The number of nitrogens with two attached hydrogens (primary N) is 1. The molecule has 0 aliphatic carbocycles. The van der Waals surface area contributed by atoms with Crippen molar-refractivity contribution in [2.24, 2.45) is 5.73 Å². The summed E-state index contributed by atoms with van der Waals surface area (Å²) in [4.78, 5) is 31.9. The number of nitrogens with one attached hydrogen (secondary N) is 1. The van der Waals surface area contributed by atoms with E-state index in [9.17, 15) is 14.4 Å². The Morgan fingerprint density at radius 3 is 2.12 bits per heavy atom. The van der Waals surface area contributed by atoms with Gasteiger partial charge < -0.3 is 30.7 Å². The number of benzene rings is 1. The summed E-state index contributed by atoms with van der Waals surface area (Å²) in [5.41, 5.74) is 4.82. The maximum atomic E-state index is 11.6. The van der Waals surface area contributed by atoms with E-state index < -0.39 is 29.7 Å². The molecule has 1 aromatic rings. The first-order valence-corrected chi connectivity index (χ1v) is 7.81. The molecule has 9 heteroatoms. The van der Waals surface area contributed by atoms with Crippen LogP contribution in [0.4, 0.5) is 4.79 Å².